The van der Waals surface area contributed by atoms with Crippen LogP contribution in [0.1, 0.15) is 37.1 Å². The van der Waals surface area contributed by atoms with Gasteiger partial charge in [0.1, 0.15) is 0 Å². The first-order chi connectivity index (χ1) is 9.04. The van der Waals surface area contributed by atoms with E-state index in [1.165, 1.54) is 30.3 Å². The van der Waals surface area contributed by atoms with Crippen molar-refractivity contribution in [1.29, 1.82) is 0 Å². The molecule has 19 heavy (non-hydrogen) atoms. The maximum atomic E-state index is 10.5. The van der Waals surface area contributed by atoms with Crippen molar-refractivity contribution in [3.05, 3.63) is 28.0 Å². The van der Waals surface area contributed by atoms with Gasteiger partial charge < -0.3 is 5.11 Å². The smallest absolute Gasteiger partial charge is 0.328 e. The zero-order valence-corrected chi connectivity index (χ0v) is 12.3. The van der Waals surface area contributed by atoms with Gasteiger partial charge >= 0.3 is 5.97 Å². The van der Waals surface area contributed by atoms with E-state index in [0.29, 0.717) is 6.04 Å². The van der Waals surface area contributed by atoms with Crippen molar-refractivity contribution >= 4 is 23.4 Å². The maximum absolute atomic E-state index is 10.5. The van der Waals surface area contributed by atoms with E-state index in [9.17, 15) is 4.79 Å². The Labute approximate surface area is 118 Å². The predicted octanol–water partition coefficient (Wildman–Crippen LogP) is 3.47. The molecule has 1 N–H and O–H groups in total. The summed E-state index contributed by atoms with van der Waals surface area (Å²) in [6, 6.07) is 2.74. The van der Waals surface area contributed by atoms with E-state index >= 15 is 0 Å². The van der Waals surface area contributed by atoms with Crippen LogP contribution in [0.15, 0.2) is 17.5 Å². The highest BCUT2D eigenvalue weighted by Crippen LogP contribution is 2.25. The number of thiophene rings is 1. The fraction of sp³-hybridized carbons (Fsp3) is 0.533. The maximum Gasteiger partial charge on any atom is 0.328 e. The van der Waals surface area contributed by atoms with Gasteiger partial charge in [0.05, 0.1) is 0 Å². The van der Waals surface area contributed by atoms with Crippen molar-refractivity contribution in [2.75, 3.05) is 6.54 Å². The average Bonchev–Trinajstić information content (AvgIpc) is 2.79. The Morgan fingerprint density at radius 2 is 2.32 bits per heavy atom. The summed E-state index contributed by atoms with van der Waals surface area (Å²) in [5.41, 5.74) is 0.986. The molecule has 1 saturated heterocycles. The van der Waals surface area contributed by atoms with Crippen LogP contribution in [-0.4, -0.2) is 28.6 Å². The first kappa shape index (κ1) is 14.3. The number of rotatable bonds is 4. The standard InChI is InChI=1S/C15H21NO2S/c1-11-3-4-12(2)16(8-11)9-14-7-13(10-19-14)5-6-15(17)18/h5-7,10-12H,3-4,8-9H2,1-2H3,(H,17,18). The van der Waals surface area contributed by atoms with Crippen LogP contribution in [0, 0.1) is 5.92 Å². The number of piperidine rings is 1. The lowest BCUT2D eigenvalue weighted by atomic mass is 9.95. The Balaban J connectivity index is 1.97. The van der Waals surface area contributed by atoms with E-state index in [1.807, 2.05) is 5.38 Å². The lowest BCUT2D eigenvalue weighted by Crippen LogP contribution is -2.40. The molecule has 1 aliphatic heterocycles. The molecule has 3 nitrogen and oxygen atoms in total. The highest BCUT2D eigenvalue weighted by atomic mass is 32.1. The molecule has 0 bridgehead atoms. The van der Waals surface area contributed by atoms with Crippen LogP contribution in [-0.2, 0) is 11.3 Å². The fourth-order valence-corrected chi connectivity index (χ4v) is 3.41. The molecule has 0 saturated carbocycles. The summed E-state index contributed by atoms with van der Waals surface area (Å²) >= 11 is 1.71. The Bertz CT molecular complexity index is 466. The molecule has 1 aromatic heterocycles. The van der Waals surface area contributed by atoms with E-state index in [4.69, 9.17) is 5.11 Å². The second-order valence-electron chi connectivity index (χ2n) is 5.48. The summed E-state index contributed by atoms with van der Waals surface area (Å²) < 4.78 is 0. The quantitative estimate of drug-likeness (QED) is 0.858. The first-order valence-corrected chi connectivity index (χ1v) is 7.65. The van der Waals surface area contributed by atoms with Crippen molar-refractivity contribution in [2.24, 2.45) is 5.92 Å². The number of hydrogen-bond acceptors (Lipinski definition) is 3. The third-order valence-electron chi connectivity index (χ3n) is 3.70. The van der Waals surface area contributed by atoms with Crippen LogP contribution in [0.4, 0.5) is 0 Å². The number of carboxylic acids is 1. The van der Waals surface area contributed by atoms with Gasteiger partial charge in [0.25, 0.3) is 0 Å². The molecule has 0 aliphatic carbocycles. The average molecular weight is 279 g/mol. The van der Waals surface area contributed by atoms with Gasteiger partial charge in [0.15, 0.2) is 0 Å². The number of carboxylic acid groups (broad SMARTS) is 1. The van der Waals surface area contributed by atoms with Crippen molar-refractivity contribution in [3.63, 3.8) is 0 Å². The molecule has 1 fully saturated rings. The zero-order chi connectivity index (χ0) is 13.8. The molecule has 2 unspecified atom stereocenters. The summed E-state index contributed by atoms with van der Waals surface area (Å²) in [7, 11) is 0. The van der Waals surface area contributed by atoms with Crippen LogP contribution in [0.5, 0.6) is 0 Å². The van der Waals surface area contributed by atoms with Crippen LogP contribution in [0.2, 0.25) is 0 Å². The second kappa shape index (κ2) is 6.35. The van der Waals surface area contributed by atoms with E-state index in [0.717, 1.165) is 18.0 Å². The largest absolute Gasteiger partial charge is 0.478 e. The number of nitrogens with zero attached hydrogens (tertiary/aromatic N) is 1. The first-order valence-electron chi connectivity index (χ1n) is 6.77. The third kappa shape index (κ3) is 4.18. The van der Waals surface area contributed by atoms with Gasteiger partial charge in [-0.05, 0) is 48.8 Å². The molecular weight excluding hydrogens is 258 g/mol. The normalized spacial score (nSPS) is 24.9. The van der Waals surface area contributed by atoms with Gasteiger partial charge in [-0.2, -0.15) is 0 Å². The topological polar surface area (TPSA) is 40.5 Å². The van der Waals surface area contributed by atoms with Crippen molar-refractivity contribution < 1.29 is 9.90 Å². The molecule has 2 atom stereocenters. The Kier molecular flexibility index (Phi) is 4.77. The van der Waals surface area contributed by atoms with Gasteiger partial charge in [-0.1, -0.05) is 6.92 Å². The highest BCUT2D eigenvalue weighted by Gasteiger charge is 2.22. The molecule has 2 rings (SSSR count). The molecule has 0 amide bonds. The number of carbonyl (C=O) groups is 1. The molecule has 1 aromatic rings. The summed E-state index contributed by atoms with van der Waals surface area (Å²) in [4.78, 5) is 14.3. The van der Waals surface area contributed by atoms with Crippen LogP contribution in [0.3, 0.4) is 0 Å². The molecule has 104 valence electrons. The molecular formula is C15H21NO2S. The predicted molar refractivity (Wildman–Crippen MR) is 79.3 cm³/mol. The third-order valence-corrected chi connectivity index (χ3v) is 4.64. The van der Waals surface area contributed by atoms with E-state index in [1.54, 1.807) is 17.4 Å². The second-order valence-corrected chi connectivity index (χ2v) is 6.47. The van der Waals surface area contributed by atoms with Gasteiger partial charge in [-0.25, -0.2) is 4.79 Å². The molecule has 1 aliphatic rings. The summed E-state index contributed by atoms with van der Waals surface area (Å²) in [5, 5.41) is 10.6. The van der Waals surface area contributed by atoms with Crippen molar-refractivity contribution in [1.82, 2.24) is 4.90 Å². The summed E-state index contributed by atoms with van der Waals surface area (Å²) in [6.45, 7) is 6.76. The number of likely N-dealkylation sites (tertiary alicyclic amines) is 1. The van der Waals surface area contributed by atoms with E-state index in [2.05, 4.69) is 24.8 Å². The van der Waals surface area contributed by atoms with Crippen LogP contribution in [0.25, 0.3) is 6.08 Å². The summed E-state index contributed by atoms with van der Waals surface area (Å²) in [5.74, 6) is -0.117. The minimum atomic E-state index is -0.897. The highest BCUT2D eigenvalue weighted by molar-refractivity contribution is 7.10. The van der Waals surface area contributed by atoms with Crippen LogP contribution < -0.4 is 0 Å². The van der Waals surface area contributed by atoms with Crippen molar-refractivity contribution in [3.8, 4) is 0 Å². The summed E-state index contributed by atoms with van der Waals surface area (Å²) in [6.07, 6.45) is 5.45. The fourth-order valence-electron chi connectivity index (χ4n) is 2.54. The lowest BCUT2D eigenvalue weighted by molar-refractivity contribution is -0.131. The Morgan fingerprint density at radius 1 is 1.53 bits per heavy atom. The minimum Gasteiger partial charge on any atom is -0.478 e. The number of aliphatic carboxylic acids is 1. The molecule has 0 spiro atoms. The zero-order valence-electron chi connectivity index (χ0n) is 11.5. The van der Waals surface area contributed by atoms with E-state index in [-0.39, 0.29) is 0 Å². The monoisotopic (exact) mass is 279 g/mol. The SMILES string of the molecule is CC1CCC(C)N(Cc2cc(C=CC(=O)O)cs2)C1. The van der Waals surface area contributed by atoms with Gasteiger partial charge in [0, 0.05) is 30.1 Å². The van der Waals surface area contributed by atoms with Gasteiger partial charge in [0.2, 0.25) is 0 Å². The molecule has 0 aromatic carbocycles. The molecule has 0 radical (unpaired) electrons. The van der Waals surface area contributed by atoms with Gasteiger partial charge in [-0.3, -0.25) is 4.90 Å². The molecule has 2 heterocycles. The molecule has 4 heteroatoms. The van der Waals surface area contributed by atoms with Gasteiger partial charge in [-0.15, -0.1) is 11.3 Å². The minimum absolute atomic E-state index is 0.649. The Hall–Kier alpha value is -1.13. The lowest BCUT2D eigenvalue weighted by Gasteiger charge is -2.36. The van der Waals surface area contributed by atoms with Crippen LogP contribution >= 0.6 is 11.3 Å². The van der Waals surface area contributed by atoms with E-state index < -0.39 is 5.97 Å². The number of hydrogen-bond donors (Lipinski definition) is 1. The Morgan fingerprint density at radius 3 is 3.05 bits per heavy atom. The van der Waals surface area contributed by atoms with Crippen molar-refractivity contribution in [2.45, 2.75) is 39.3 Å².